The number of carbonyl (C=O) groups is 1. The quantitative estimate of drug-likeness (QED) is 0.512. The van der Waals surface area contributed by atoms with Crippen molar-refractivity contribution in [3.63, 3.8) is 0 Å². The van der Waals surface area contributed by atoms with Crippen molar-refractivity contribution >= 4 is 5.91 Å². The number of carbonyl (C=O) groups excluding carboxylic acids is 1. The van der Waals surface area contributed by atoms with Crippen LogP contribution in [0.5, 0.6) is 0 Å². The molecule has 1 amide bonds. The molecular formula is C25H30N6O3. The number of amides is 1. The van der Waals surface area contributed by atoms with Crippen LogP contribution in [0.1, 0.15) is 33.6 Å². The Kier molecular flexibility index (Phi) is 6.94. The predicted octanol–water partition coefficient (Wildman–Crippen LogP) is 2.03. The molecule has 1 N–H and O–H groups in total. The van der Waals surface area contributed by atoms with Crippen LogP contribution in [0.4, 0.5) is 0 Å². The number of aromatic nitrogens is 4. The number of ether oxygens (including phenoxy) is 2. The minimum atomic E-state index is -0.163. The smallest absolute Gasteiger partial charge is 0.254 e. The summed E-state index contributed by atoms with van der Waals surface area (Å²) in [7, 11) is 1.60. The number of rotatable bonds is 8. The highest BCUT2D eigenvalue weighted by Gasteiger charge is 2.23. The number of benzene rings is 1. The first-order chi connectivity index (χ1) is 16.7. The van der Waals surface area contributed by atoms with Gasteiger partial charge in [-0.3, -0.25) is 9.69 Å². The zero-order valence-electron chi connectivity index (χ0n) is 19.5. The largest absolute Gasteiger partial charge is 0.379 e. The summed E-state index contributed by atoms with van der Waals surface area (Å²) in [6, 6.07) is 8.33. The van der Waals surface area contributed by atoms with Crippen molar-refractivity contribution in [2.45, 2.75) is 25.9 Å². The van der Waals surface area contributed by atoms with Crippen LogP contribution < -0.4 is 5.32 Å². The van der Waals surface area contributed by atoms with Crippen LogP contribution in [0.3, 0.4) is 0 Å². The van der Waals surface area contributed by atoms with Gasteiger partial charge in [-0.2, -0.15) is 9.78 Å². The van der Waals surface area contributed by atoms with Gasteiger partial charge in [0.15, 0.2) is 0 Å². The Hall–Kier alpha value is -3.14. The van der Waals surface area contributed by atoms with E-state index in [1.165, 1.54) is 5.56 Å². The number of methoxy groups -OCH3 is 1. The molecule has 2 aliphatic rings. The van der Waals surface area contributed by atoms with Crippen LogP contribution in [-0.4, -0.2) is 77.1 Å². The van der Waals surface area contributed by atoms with Gasteiger partial charge in [-0.15, -0.1) is 0 Å². The van der Waals surface area contributed by atoms with Gasteiger partial charge in [-0.25, -0.2) is 9.97 Å². The van der Waals surface area contributed by atoms with E-state index in [9.17, 15) is 4.79 Å². The molecule has 0 spiro atoms. The lowest BCUT2D eigenvalue weighted by molar-refractivity contribution is 0.0374. The van der Waals surface area contributed by atoms with Crippen molar-refractivity contribution < 1.29 is 14.3 Å². The molecule has 0 bridgehead atoms. The molecule has 0 atom stereocenters. The normalized spacial score (nSPS) is 15.6. The second-order valence-corrected chi connectivity index (χ2v) is 8.61. The summed E-state index contributed by atoms with van der Waals surface area (Å²) in [5.74, 6) is 0.275. The van der Waals surface area contributed by atoms with E-state index in [1.54, 1.807) is 18.0 Å². The van der Waals surface area contributed by atoms with Crippen LogP contribution in [0.2, 0.25) is 0 Å². The molecule has 178 valence electrons. The first-order valence-corrected chi connectivity index (χ1v) is 11.8. The van der Waals surface area contributed by atoms with Gasteiger partial charge in [-0.1, -0.05) is 24.3 Å². The van der Waals surface area contributed by atoms with Gasteiger partial charge < -0.3 is 14.8 Å². The highest BCUT2D eigenvalue weighted by molar-refractivity contribution is 5.95. The third-order valence-corrected chi connectivity index (χ3v) is 6.41. The van der Waals surface area contributed by atoms with E-state index >= 15 is 0 Å². The molecule has 0 radical (unpaired) electrons. The molecule has 1 fully saturated rings. The SMILES string of the molecule is COCc1c(C(=O)NCCCN2CCOCC2)cnn1-c1ncc2c(n1)-c1ccccc1CC2. The lowest BCUT2D eigenvalue weighted by Crippen LogP contribution is -2.38. The Labute approximate surface area is 199 Å². The number of nitrogens with zero attached hydrogens (tertiary/aromatic N) is 5. The Morgan fingerprint density at radius 3 is 2.82 bits per heavy atom. The Balaban J connectivity index is 1.33. The van der Waals surface area contributed by atoms with Gasteiger partial charge >= 0.3 is 0 Å². The minimum absolute atomic E-state index is 0.163. The van der Waals surface area contributed by atoms with Gasteiger partial charge in [-0.05, 0) is 36.9 Å². The molecule has 9 nitrogen and oxygen atoms in total. The fourth-order valence-corrected chi connectivity index (χ4v) is 4.59. The standard InChI is InChI=1S/C25H30N6O3/c1-33-17-22-21(24(32)26-9-4-10-30-11-13-34-14-12-30)16-28-31(22)25-27-15-19-8-7-18-5-2-3-6-20(18)23(19)29-25/h2-3,5-6,15-16H,4,7-14,17H2,1H3,(H,26,32). The maximum Gasteiger partial charge on any atom is 0.254 e. The first-order valence-electron chi connectivity index (χ1n) is 11.8. The lowest BCUT2D eigenvalue weighted by atomic mass is 9.90. The first kappa shape index (κ1) is 22.6. The molecule has 9 heteroatoms. The number of nitrogens with one attached hydrogen (secondary N) is 1. The molecule has 2 aromatic heterocycles. The highest BCUT2D eigenvalue weighted by Crippen LogP contribution is 2.31. The van der Waals surface area contributed by atoms with Crippen molar-refractivity contribution in [3.05, 3.63) is 59.0 Å². The van der Waals surface area contributed by atoms with Crippen molar-refractivity contribution in [1.82, 2.24) is 30.0 Å². The van der Waals surface area contributed by atoms with Gasteiger partial charge in [0.2, 0.25) is 0 Å². The second-order valence-electron chi connectivity index (χ2n) is 8.61. The predicted molar refractivity (Wildman–Crippen MR) is 127 cm³/mol. The average molecular weight is 463 g/mol. The number of fused-ring (bicyclic) bond motifs is 3. The summed E-state index contributed by atoms with van der Waals surface area (Å²) in [5, 5.41) is 7.48. The zero-order valence-corrected chi connectivity index (χ0v) is 19.5. The number of aryl methyl sites for hydroxylation is 2. The molecule has 1 aliphatic heterocycles. The molecule has 1 aromatic carbocycles. The Morgan fingerprint density at radius 2 is 1.97 bits per heavy atom. The summed E-state index contributed by atoms with van der Waals surface area (Å²) in [6.45, 7) is 5.23. The number of hydrogen-bond donors (Lipinski definition) is 1. The van der Waals surface area contributed by atoms with E-state index in [0.717, 1.165) is 68.9 Å². The maximum absolute atomic E-state index is 12.9. The maximum atomic E-state index is 12.9. The number of hydrogen-bond acceptors (Lipinski definition) is 7. The Bertz CT molecular complexity index is 1160. The van der Waals surface area contributed by atoms with Gasteiger partial charge in [0.05, 0.1) is 43.0 Å². The molecule has 0 saturated carbocycles. The van der Waals surface area contributed by atoms with Gasteiger partial charge in [0, 0.05) is 38.5 Å². The third kappa shape index (κ3) is 4.72. The highest BCUT2D eigenvalue weighted by atomic mass is 16.5. The summed E-state index contributed by atoms with van der Waals surface area (Å²) in [5.41, 5.74) is 5.59. The van der Waals surface area contributed by atoms with E-state index in [2.05, 4.69) is 38.5 Å². The fraction of sp³-hybridized carbons (Fsp3) is 0.440. The van der Waals surface area contributed by atoms with Gasteiger partial charge in [0.1, 0.15) is 0 Å². The second kappa shape index (κ2) is 10.4. The third-order valence-electron chi connectivity index (χ3n) is 6.41. The van der Waals surface area contributed by atoms with Gasteiger partial charge in [0.25, 0.3) is 11.9 Å². The summed E-state index contributed by atoms with van der Waals surface area (Å²) < 4.78 is 12.4. The van der Waals surface area contributed by atoms with Crippen LogP contribution in [0.15, 0.2) is 36.7 Å². The average Bonchev–Trinajstić information content (AvgIpc) is 3.30. The molecule has 1 aliphatic carbocycles. The summed E-state index contributed by atoms with van der Waals surface area (Å²) >= 11 is 0. The van der Waals surface area contributed by atoms with E-state index in [1.807, 2.05) is 12.3 Å². The molecule has 34 heavy (non-hydrogen) atoms. The van der Waals surface area contributed by atoms with Crippen LogP contribution >= 0.6 is 0 Å². The molecule has 1 saturated heterocycles. The van der Waals surface area contributed by atoms with E-state index in [-0.39, 0.29) is 12.5 Å². The monoisotopic (exact) mass is 462 g/mol. The fourth-order valence-electron chi connectivity index (χ4n) is 4.59. The summed E-state index contributed by atoms with van der Waals surface area (Å²) in [4.78, 5) is 24.7. The van der Waals surface area contributed by atoms with Crippen molar-refractivity contribution in [3.8, 4) is 17.2 Å². The Morgan fingerprint density at radius 1 is 1.15 bits per heavy atom. The molecule has 3 aromatic rings. The van der Waals surface area contributed by atoms with Crippen LogP contribution in [0.25, 0.3) is 17.2 Å². The van der Waals surface area contributed by atoms with E-state index < -0.39 is 0 Å². The van der Waals surface area contributed by atoms with Crippen LogP contribution in [-0.2, 0) is 28.9 Å². The van der Waals surface area contributed by atoms with E-state index in [4.69, 9.17) is 14.5 Å². The van der Waals surface area contributed by atoms with Crippen molar-refractivity contribution in [2.24, 2.45) is 0 Å². The molecule has 0 unspecified atom stereocenters. The zero-order chi connectivity index (χ0) is 23.3. The van der Waals surface area contributed by atoms with Crippen LogP contribution in [0, 0.1) is 0 Å². The van der Waals surface area contributed by atoms with Crippen molar-refractivity contribution in [1.29, 1.82) is 0 Å². The topological polar surface area (TPSA) is 94.4 Å². The summed E-state index contributed by atoms with van der Waals surface area (Å²) in [6.07, 6.45) is 6.22. The van der Waals surface area contributed by atoms with E-state index in [0.29, 0.717) is 23.8 Å². The van der Waals surface area contributed by atoms with Crippen molar-refractivity contribution in [2.75, 3.05) is 46.5 Å². The lowest BCUT2D eigenvalue weighted by Gasteiger charge is -2.26. The molecular weight excluding hydrogens is 432 g/mol. The molecule has 3 heterocycles. The molecule has 5 rings (SSSR count). The minimum Gasteiger partial charge on any atom is -0.379 e. The number of morpholine rings is 1.